The van der Waals surface area contributed by atoms with Crippen LogP contribution in [0.5, 0.6) is 0 Å². The highest BCUT2D eigenvalue weighted by molar-refractivity contribution is 7.07. The Bertz CT molecular complexity index is 646. The summed E-state index contributed by atoms with van der Waals surface area (Å²) in [6.45, 7) is 0.432. The second-order valence-corrected chi connectivity index (χ2v) is 5.30. The fourth-order valence-corrected chi connectivity index (χ4v) is 2.45. The van der Waals surface area contributed by atoms with Crippen molar-refractivity contribution in [2.75, 3.05) is 11.9 Å². The van der Waals surface area contributed by atoms with E-state index in [4.69, 9.17) is 16.7 Å². The van der Waals surface area contributed by atoms with Crippen LogP contribution in [0.4, 0.5) is 10.5 Å². The van der Waals surface area contributed by atoms with E-state index in [0.717, 1.165) is 5.69 Å². The number of rotatable bonds is 5. The number of nitrogens with one attached hydrogen (secondary N) is 2. The summed E-state index contributed by atoms with van der Waals surface area (Å²) in [6, 6.07) is 3.71. The number of amides is 2. The maximum absolute atomic E-state index is 11.7. The van der Waals surface area contributed by atoms with E-state index in [1.54, 1.807) is 5.51 Å². The van der Waals surface area contributed by atoms with Gasteiger partial charge in [0.05, 0.1) is 16.8 Å². The largest absolute Gasteiger partial charge is 0.478 e. The molecule has 2 aromatic rings. The average Bonchev–Trinajstić information content (AvgIpc) is 2.91. The molecule has 0 saturated carbocycles. The van der Waals surface area contributed by atoms with Crippen molar-refractivity contribution in [3.63, 3.8) is 0 Å². The molecule has 0 atom stereocenters. The van der Waals surface area contributed by atoms with Crippen molar-refractivity contribution in [3.05, 3.63) is 45.4 Å². The first-order valence-electron chi connectivity index (χ1n) is 6.00. The first kappa shape index (κ1) is 15.3. The molecule has 1 aromatic carbocycles. The van der Waals surface area contributed by atoms with Crippen LogP contribution in [-0.2, 0) is 6.42 Å². The quantitative estimate of drug-likeness (QED) is 0.788. The third kappa shape index (κ3) is 4.73. The van der Waals surface area contributed by atoms with E-state index >= 15 is 0 Å². The highest BCUT2D eigenvalue weighted by atomic mass is 35.5. The average molecular weight is 326 g/mol. The number of nitrogens with zero attached hydrogens (tertiary/aromatic N) is 1. The van der Waals surface area contributed by atoms with Crippen molar-refractivity contribution < 1.29 is 14.7 Å². The number of hydrogen-bond acceptors (Lipinski definition) is 4. The van der Waals surface area contributed by atoms with Gasteiger partial charge in [-0.05, 0) is 18.2 Å². The molecule has 2 rings (SSSR count). The minimum absolute atomic E-state index is 0.0141. The Morgan fingerprint density at radius 1 is 1.33 bits per heavy atom. The number of benzene rings is 1. The zero-order chi connectivity index (χ0) is 15.2. The SMILES string of the molecule is O=C(NCCc1cscn1)Nc1cc(Cl)cc(C(=O)O)c1. The van der Waals surface area contributed by atoms with Gasteiger partial charge < -0.3 is 15.7 Å². The van der Waals surface area contributed by atoms with Gasteiger partial charge in [-0.15, -0.1) is 11.3 Å². The molecule has 110 valence electrons. The highest BCUT2D eigenvalue weighted by Gasteiger charge is 2.08. The minimum Gasteiger partial charge on any atom is -0.478 e. The Hall–Kier alpha value is -2.12. The lowest BCUT2D eigenvalue weighted by molar-refractivity contribution is 0.0697. The van der Waals surface area contributed by atoms with E-state index < -0.39 is 12.0 Å². The zero-order valence-corrected chi connectivity index (χ0v) is 12.4. The molecule has 0 saturated heterocycles. The maximum Gasteiger partial charge on any atom is 0.335 e. The topological polar surface area (TPSA) is 91.3 Å². The fourth-order valence-electron chi connectivity index (χ4n) is 1.63. The van der Waals surface area contributed by atoms with Crippen LogP contribution in [0.15, 0.2) is 29.1 Å². The first-order valence-corrected chi connectivity index (χ1v) is 7.32. The molecule has 2 amide bonds. The van der Waals surface area contributed by atoms with Crippen molar-refractivity contribution in [2.45, 2.75) is 6.42 Å². The molecule has 0 spiro atoms. The summed E-state index contributed by atoms with van der Waals surface area (Å²) in [7, 11) is 0. The summed E-state index contributed by atoms with van der Waals surface area (Å²) in [6.07, 6.45) is 0.632. The predicted molar refractivity (Wildman–Crippen MR) is 81.3 cm³/mol. The Balaban J connectivity index is 1.88. The van der Waals surface area contributed by atoms with E-state index in [1.165, 1.54) is 29.5 Å². The third-order valence-electron chi connectivity index (χ3n) is 2.55. The van der Waals surface area contributed by atoms with Gasteiger partial charge in [0.15, 0.2) is 0 Å². The molecule has 0 unspecified atom stereocenters. The van der Waals surface area contributed by atoms with Crippen LogP contribution in [0.25, 0.3) is 0 Å². The number of aromatic carboxylic acids is 1. The number of anilines is 1. The van der Waals surface area contributed by atoms with Crippen molar-refractivity contribution in [3.8, 4) is 0 Å². The Kier molecular flexibility index (Phi) is 5.13. The van der Waals surface area contributed by atoms with Gasteiger partial charge >= 0.3 is 12.0 Å². The van der Waals surface area contributed by atoms with Gasteiger partial charge in [-0.2, -0.15) is 0 Å². The molecular weight excluding hydrogens is 314 g/mol. The van der Waals surface area contributed by atoms with Crippen LogP contribution in [0, 0.1) is 0 Å². The van der Waals surface area contributed by atoms with Gasteiger partial charge in [-0.1, -0.05) is 11.6 Å². The molecule has 8 heteroatoms. The summed E-state index contributed by atoms with van der Waals surface area (Å²) in [5.74, 6) is -1.11. The predicted octanol–water partition coefficient (Wildman–Crippen LogP) is 2.86. The molecule has 0 aliphatic heterocycles. The van der Waals surface area contributed by atoms with Crippen LogP contribution < -0.4 is 10.6 Å². The number of carboxylic acids is 1. The molecule has 0 bridgehead atoms. The normalized spacial score (nSPS) is 10.1. The number of carbonyl (C=O) groups excluding carboxylic acids is 1. The Morgan fingerprint density at radius 2 is 2.14 bits per heavy atom. The number of thiazole rings is 1. The van der Waals surface area contributed by atoms with Crippen LogP contribution in [-0.4, -0.2) is 28.6 Å². The van der Waals surface area contributed by atoms with Gasteiger partial charge in [-0.25, -0.2) is 14.6 Å². The second-order valence-electron chi connectivity index (χ2n) is 4.14. The van der Waals surface area contributed by atoms with E-state index in [2.05, 4.69) is 15.6 Å². The molecule has 0 aliphatic carbocycles. The summed E-state index contributed by atoms with van der Waals surface area (Å²) in [4.78, 5) is 26.7. The number of carboxylic acid groups (broad SMARTS) is 1. The maximum atomic E-state index is 11.7. The standard InChI is InChI=1S/C13H12ClN3O3S/c14-9-3-8(12(18)19)4-11(5-9)17-13(20)15-2-1-10-6-21-7-16-10/h3-7H,1-2H2,(H,18,19)(H2,15,17,20). The van der Waals surface area contributed by atoms with Gasteiger partial charge in [0.1, 0.15) is 0 Å². The van der Waals surface area contributed by atoms with E-state index in [1.807, 2.05) is 5.38 Å². The van der Waals surface area contributed by atoms with Gasteiger partial charge in [0.2, 0.25) is 0 Å². The molecule has 1 aromatic heterocycles. The smallest absolute Gasteiger partial charge is 0.335 e. The van der Waals surface area contributed by atoms with Gasteiger partial charge in [0.25, 0.3) is 0 Å². The molecule has 1 heterocycles. The van der Waals surface area contributed by atoms with Gasteiger partial charge in [0, 0.05) is 29.1 Å². The molecule has 21 heavy (non-hydrogen) atoms. The molecule has 0 aliphatic rings. The Labute approximate surface area is 129 Å². The van der Waals surface area contributed by atoms with Crippen molar-refractivity contribution in [1.29, 1.82) is 0 Å². The van der Waals surface area contributed by atoms with E-state index in [9.17, 15) is 9.59 Å². The number of halogens is 1. The summed E-state index contributed by atoms with van der Waals surface area (Å²) in [5.41, 5.74) is 2.98. The number of hydrogen-bond donors (Lipinski definition) is 3. The van der Waals surface area contributed by atoms with Crippen LogP contribution >= 0.6 is 22.9 Å². The summed E-state index contributed by atoms with van der Waals surface area (Å²) < 4.78 is 0. The Morgan fingerprint density at radius 3 is 2.81 bits per heavy atom. The lowest BCUT2D eigenvalue weighted by atomic mass is 10.2. The number of aromatic nitrogens is 1. The van der Waals surface area contributed by atoms with Gasteiger partial charge in [-0.3, -0.25) is 0 Å². The van der Waals surface area contributed by atoms with Crippen molar-refractivity contribution in [2.24, 2.45) is 0 Å². The van der Waals surface area contributed by atoms with E-state index in [-0.39, 0.29) is 10.6 Å². The lowest BCUT2D eigenvalue weighted by Crippen LogP contribution is -2.30. The molecule has 0 radical (unpaired) electrons. The van der Waals surface area contributed by atoms with Crippen molar-refractivity contribution in [1.82, 2.24) is 10.3 Å². The molecular formula is C13H12ClN3O3S. The highest BCUT2D eigenvalue weighted by Crippen LogP contribution is 2.19. The van der Waals surface area contributed by atoms with Crippen LogP contribution in [0.3, 0.4) is 0 Å². The number of carbonyl (C=O) groups is 2. The number of urea groups is 1. The summed E-state index contributed by atoms with van der Waals surface area (Å²) >= 11 is 7.30. The van der Waals surface area contributed by atoms with Crippen molar-refractivity contribution >= 4 is 40.6 Å². The minimum atomic E-state index is -1.11. The summed E-state index contributed by atoms with van der Waals surface area (Å²) in [5, 5.41) is 16.3. The second kappa shape index (κ2) is 7.05. The van der Waals surface area contributed by atoms with E-state index in [0.29, 0.717) is 18.7 Å². The van der Waals surface area contributed by atoms with Crippen LogP contribution in [0.2, 0.25) is 5.02 Å². The zero-order valence-electron chi connectivity index (χ0n) is 10.8. The third-order valence-corrected chi connectivity index (χ3v) is 3.41. The molecule has 6 nitrogen and oxygen atoms in total. The lowest BCUT2D eigenvalue weighted by Gasteiger charge is -2.08. The molecule has 3 N–H and O–H groups in total. The fraction of sp³-hybridized carbons (Fsp3) is 0.154. The molecule has 0 fully saturated rings. The monoisotopic (exact) mass is 325 g/mol. The van der Waals surface area contributed by atoms with Crippen LogP contribution in [0.1, 0.15) is 16.1 Å². The first-order chi connectivity index (χ1) is 10.0.